The van der Waals surface area contributed by atoms with Gasteiger partial charge in [-0.1, -0.05) is 12.8 Å². The third kappa shape index (κ3) is 3.14. The quantitative estimate of drug-likeness (QED) is 0.679. The van der Waals surface area contributed by atoms with E-state index in [0.29, 0.717) is 35.1 Å². The standard InChI is InChI=1S/C19H28N2O3/c1-12-17(19(23)24-3)13(2)20-18(12)16(22)11-21-10-6-8-14-7-4-5-9-15(14)21/h14-15,20H,4-11H2,1-3H3/t14-,15+/m1/s1. The van der Waals surface area contributed by atoms with E-state index in [-0.39, 0.29) is 11.8 Å². The second-order valence-corrected chi connectivity index (χ2v) is 7.26. The van der Waals surface area contributed by atoms with Crippen molar-refractivity contribution in [1.82, 2.24) is 9.88 Å². The Morgan fingerprint density at radius 2 is 1.88 bits per heavy atom. The molecule has 2 fully saturated rings. The van der Waals surface area contributed by atoms with Crippen LogP contribution in [0.4, 0.5) is 0 Å². The van der Waals surface area contributed by atoms with Gasteiger partial charge in [-0.05, 0) is 57.6 Å². The second kappa shape index (κ2) is 7.09. The molecule has 1 aliphatic carbocycles. The van der Waals surface area contributed by atoms with Crippen molar-refractivity contribution in [2.45, 2.75) is 58.4 Å². The molecule has 132 valence electrons. The molecule has 1 saturated carbocycles. The summed E-state index contributed by atoms with van der Waals surface area (Å²) in [6.07, 6.45) is 7.63. The number of esters is 1. The van der Waals surface area contributed by atoms with Gasteiger partial charge in [0, 0.05) is 11.7 Å². The number of H-pyrrole nitrogens is 1. The molecule has 0 bridgehead atoms. The SMILES string of the molecule is COC(=O)c1c(C)[nH]c(C(=O)CN2CCC[C@H]3CCCC[C@@H]32)c1C. The number of ether oxygens (including phenoxy) is 1. The monoisotopic (exact) mass is 332 g/mol. The summed E-state index contributed by atoms with van der Waals surface area (Å²) in [7, 11) is 1.37. The topological polar surface area (TPSA) is 62.4 Å². The number of carbonyl (C=O) groups is 2. The first-order valence-corrected chi connectivity index (χ1v) is 9.07. The Labute approximate surface area is 143 Å². The lowest BCUT2D eigenvalue weighted by molar-refractivity contribution is 0.0536. The van der Waals surface area contributed by atoms with Gasteiger partial charge in [-0.25, -0.2) is 4.79 Å². The summed E-state index contributed by atoms with van der Waals surface area (Å²) in [5, 5.41) is 0. The van der Waals surface area contributed by atoms with Crippen LogP contribution >= 0.6 is 0 Å². The van der Waals surface area contributed by atoms with Gasteiger partial charge < -0.3 is 9.72 Å². The number of fused-ring (bicyclic) bond motifs is 1. The number of ketones is 1. The van der Waals surface area contributed by atoms with Crippen LogP contribution in [0.25, 0.3) is 0 Å². The third-order valence-corrected chi connectivity index (χ3v) is 5.81. The smallest absolute Gasteiger partial charge is 0.339 e. The van der Waals surface area contributed by atoms with Gasteiger partial charge in [-0.3, -0.25) is 9.69 Å². The molecule has 0 amide bonds. The van der Waals surface area contributed by atoms with Crippen molar-refractivity contribution in [2.24, 2.45) is 5.92 Å². The molecule has 1 aromatic rings. The van der Waals surface area contributed by atoms with Gasteiger partial charge in [0.2, 0.25) is 0 Å². The van der Waals surface area contributed by atoms with Gasteiger partial charge in [0.1, 0.15) is 0 Å². The van der Waals surface area contributed by atoms with Gasteiger partial charge in [0.25, 0.3) is 0 Å². The highest BCUT2D eigenvalue weighted by atomic mass is 16.5. The lowest BCUT2D eigenvalue weighted by Crippen LogP contribution is -2.48. The molecule has 1 aliphatic heterocycles. The highest BCUT2D eigenvalue weighted by Gasteiger charge is 2.34. The maximum Gasteiger partial charge on any atom is 0.339 e. The maximum atomic E-state index is 12.9. The highest BCUT2D eigenvalue weighted by Crippen LogP contribution is 2.35. The lowest BCUT2D eigenvalue weighted by Gasteiger charge is -2.43. The number of rotatable bonds is 4. The minimum Gasteiger partial charge on any atom is -0.465 e. The summed E-state index contributed by atoms with van der Waals surface area (Å²) in [4.78, 5) is 30.3. The molecular formula is C19H28N2O3. The fourth-order valence-corrected chi connectivity index (χ4v) is 4.62. The number of aromatic amines is 1. The summed E-state index contributed by atoms with van der Waals surface area (Å²) in [6, 6.07) is 0.563. The van der Waals surface area contributed by atoms with E-state index < -0.39 is 0 Å². The fourth-order valence-electron chi connectivity index (χ4n) is 4.62. The largest absolute Gasteiger partial charge is 0.465 e. The number of piperidine rings is 1. The first kappa shape index (κ1) is 17.2. The van der Waals surface area contributed by atoms with Gasteiger partial charge in [0.15, 0.2) is 5.78 Å². The molecule has 5 heteroatoms. The molecule has 5 nitrogen and oxygen atoms in total. The van der Waals surface area contributed by atoms with Crippen LogP contribution in [-0.4, -0.2) is 47.9 Å². The molecule has 0 unspecified atom stereocenters. The zero-order valence-electron chi connectivity index (χ0n) is 15.0. The van der Waals surface area contributed by atoms with E-state index >= 15 is 0 Å². The molecular weight excluding hydrogens is 304 g/mol. The molecule has 2 heterocycles. The fraction of sp³-hybridized carbons (Fsp3) is 0.684. The minimum atomic E-state index is -0.384. The number of nitrogens with zero attached hydrogens (tertiary/aromatic N) is 1. The van der Waals surface area contributed by atoms with Crippen molar-refractivity contribution in [3.8, 4) is 0 Å². The second-order valence-electron chi connectivity index (χ2n) is 7.26. The third-order valence-electron chi connectivity index (χ3n) is 5.81. The van der Waals surface area contributed by atoms with E-state index in [1.165, 1.54) is 45.6 Å². The van der Waals surface area contributed by atoms with Gasteiger partial charge in [0.05, 0.1) is 24.9 Å². The van der Waals surface area contributed by atoms with E-state index in [1.54, 1.807) is 0 Å². The predicted molar refractivity (Wildman–Crippen MR) is 92.5 cm³/mol. The lowest BCUT2D eigenvalue weighted by atomic mass is 9.78. The zero-order chi connectivity index (χ0) is 17.3. The van der Waals surface area contributed by atoms with E-state index in [0.717, 1.165) is 12.5 Å². The van der Waals surface area contributed by atoms with Crippen LogP contribution < -0.4 is 0 Å². The summed E-state index contributed by atoms with van der Waals surface area (Å²) in [6.45, 7) is 5.09. The molecule has 0 radical (unpaired) electrons. The van der Waals surface area contributed by atoms with E-state index in [2.05, 4.69) is 9.88 Å². The number of hydrogen-bond acceptors (Lipinski definition) is 4. The van der Waals surface area contributed by atoms with Crippen LogP contribution in [0.2, 0.25) is 0 Å². The molecule has 0 spiro atoms. The van der Waals surface area contributed by atoms with Crippen LogP contribution in [0.1, 0.15) is 70.6 Å². The van der Waals surface area contributed by atoms with Crippen molar-refractivity contribution in [2.75, 3.05) is 20.2 Å². The Kier molecular flexibility index (Phi) is 5.09. The van der Waals surface area contributed by atoms with E-state index in [9.17, 15) is 9.59 Å². The number of carbonyl (C=O) groups excluding carboxylic acids is 2. The first-order valence-electron chi connectivity index (χ1n) is 9.07. The summed E-state index contributed by atoms with van der Waals surface area (Å²) in [5.41, 5.74) is 2.47. The van der Waals surface area contributed by atoms with Crippen LogP contribution in [0, 0.1) is 19.8 Å². The maximum absolute atomic E-state index is 12.9. The van der Waals surface area contributed by atoms with Crippen LogP contribution in [-0.2, 0) is 4.74 Å². The van der Waals surface area contributed by atoms with Crippen molar-refractivity contribution < 1.29 is 14.3 Å². The zero-order valence-corrected chi connectivity index (χ0v) is 15.0. The van der Waals surface area contributed by atoms with Crippen molar-refractivity contribution in [1.29, 1.82) is 0 Å². The number of aryl methyl sites for hydroxylation is 1. The van der Waals surface area contributed by atoms with Crippen LogP contribution in [0.5, 0.6) is 0 Å². The van der Waals surface area contributed by atoms with E-state index in [1.807, 2.05) is 13.8 Å². The molecule has 1 N–H and O–H groups in total. The Hall–Kier alpha value is -1.62. The average molecular weight is 332 g/mol. The van der Waals surface area contributed by atoms with Gasteiger partial charge >= 0.3 is 5.97 Å². The molecule has 2 atom stereocenters. The van der Waals surface area contributed by atoms with Crippen molar-refractivity contribution >= 4 is 11.8 Å². The Morgan fingerprint density at radius 3 is 2.62 bits per heavy atom. The molecule has 24 heavy (non-hydrogen) atoms. The first-order chi connectivity index (χ1) is 11.5. The van der Waals surface area contributed by atoms with Crippen molar-refractivity contribution in [3.63, 3.8) is 0 Å². The molecule has 0 aromatic carbocycles. The number of likely N-dealkylation sites (tertiary alicyclic amines) is 1. The van der Waals surface area contributed by atoms with Crippen LogP contribution in [0.15, 0.2) is 0 Å². The highest BCUT2D eigenvalue weighted by molar-refractivity contribution is 6.02. The van der Waals surface area contributed by atoms with Crippen LogP contribution in [0.3, 0.4) is 0 Å². The minimum absolute atomic E-state index is 0.0805. The number of nitrogens with one attached hydrogen (secondary N) is 1. The molecule has 1 saturated heterocycles. The number of methoxy groups -OCH3 is 1. The van der Waals surface area contributed by atoms with Gasteiger partial charge in [-0.15, -0.1) is 0 Å². The van der Waals surface area contributed by atoms with Gasteiger partial charge in [-0.2, -0.15) is 0 Å². The summed E-state index contributed by atoms with van der Waals surface area (Å²) >= 11 is 0. The Morgan fingerprint density at radius 1 is 1.17 bits per heavy atom. The molecule has 2 aliphatic rings. The normalized spacial score (nSPS) is 24.5. The summed E-state index contributed by atoms with van der Waals surface area (Å²) in [5.74, 6) is 0.458. The number of aromatic nitrogens is 1. The number of Topliss-reactive ketones (excluding diaryl/α,β-unsaturated/α-hetero) is 1. The van der Waals surface area contributed by atoms with E-state index in [4.69, 9.17) is 4.74 Å². The molecule has 3 rings (SSSR count). The Bertz CT molecular complexity index is 633. The Balaban J connectivity index is 1.76. The predicted octanol–water partition coefficient (Wildman–Crippen LogP) is 3.26. The summed E-state index contributed by atoms with van der Waals surface area (Å²) < 4.78 is 4.83. The molecule has 1 aromatic heterocycles. The van der Waals surface area contributed by atoms with Crippen molar-refractivity contribution in [3.05, 3.63) is 22.5 Å². The average Bonchev–Trinajstić information content (AvgIpc) is 2.89. The number of hydrogen-bond donors (Lipinski definition) is 1.